The van der Waals surface area contributed by atoms with Crippen LogP contribution in [0.2, 0.25) is 0 Å². The highest BCUT2D eigenvalue weighted by Crippen LogP contribution is 2.49. The molecule has 10 heteroatoms. The first kappa shape index (κ1) is 29.6. The lowest BCUT2D eigenvalue weighted by atomic mass is 9.69. The molecule has 1 aromatic carbocycles. The second-order valence-corrected chi connectivity index (χ2v) is 13.0. The summed E-state index contributed by atoms with van der Waals surface area (Å²) >= 11 is 0. The van der Waals surface area contributed by atoms with Gasteiger partial charge in [-0.25, -0.2) is 4.39 Å². The Morgan fingerprint density at radius 1 is 1.02 bits per heavy atom. The van der Waals surface area contributed by atoms with Gasteiger partial charge in [-0.1, -0.05) is 6.42 Å². The van der Waals surface area contributed by atoms with E-state index < -0.39 is 23.1 Å². The number of carboxylic acids is 1. The van der Waals surface area contributed by atoms with Gasteiger partial charge in [0, 0.05) is 31.2 Å². The smallest absolute Gasteiger partial charge is 0.309 e. The minimum Gasteiger partial charge on any atom is -0.496 e. The highest BCUT2D eigenvalue weighted by molar-refractivity contribution is 5.98. The van der Waals surface area contributed by atoms with Crippen molar-refractivity contribution in [3.63, 3.8) is 0 Å². The van der Waals surface area contributed by atoms with Gasteiger partial charge in [0.1, 0.15) is 5.75 Å². The molecule has 4 aliphatic carbocycles. The summed E-state index contributed by atoms with van der Waals surface area (Å²) in [5, 5.41) is 15.8. The highest BCUT2D eigenvalue weighted by Gasteiger charge is 2.52. The fourth-order valence-electron chi connectivity index (χ4n) is 7.56. The van der Waals surface area contributed by atoms with E-state index in [0.29, 0.717) is 38.8 Å². The van der Waals surface area contributed by atoms with Crippen molar-refractivity contribution in [2.75, 3.05) is 27.4 Å². The fraction of sp³-hybridized carbons (Fsp3) is 0.710. The largest absolute Gasteiger partial charge is 0.496 e. The second-order valence-electron chi connectivity index (χ2n) is 13.0. The Morgan fingerprint density at radius 3 is 2.34 bits per heavy atom. The number of methoxy groups -OCH3 is 2. The minimum atomic E-state index is -0.837. The molecule has 9 nitrogen and oxygen atoms in total. The summed E-state index contributed by atoms with van der Waals surface area (Å²) in [6, 6.07) is 2.20. The summed E-state index contributed by atoms with van der Waals surface area (Å²) in [7, 11) is 3.07. The van der Waals surface area contributed by atoms with E-state index in [0.717, 1.165) is 44.6 Å². The van der Waals surface area contributed by atoms with Gasteiger partial charge in [-0.05, 0) is 82.6 Å². The van der Waals surface area contributed by atoms with Gasteiger partial charge in [0.2, 0.25) is 5.91 Å². The third-order valence-corrected chi connectivity index (χ3v) is 10.4. The number of fused-ring (bicyclic) bond motifs is 2. The lowest BCUT2D eigenvalue weighted by Crippen LogP contribution is -2.52. The number of hydrogen-bond donors (Lipinski definition) is 3. The van der Waals surface area contributed by atoms with Gasteiger partial charge in [0.05, 0.1) is 36.7 Å². The zero-order chi connectivity index (χ0) is 29.4. The average Bonchev–Trinajstić information content (AvgIpc) is 3.54. The second kappa shape index (κ2) is 11.8. The third kappa shape index (κ3) is 5.90. The van der Waals surface area contributed by atoms with Crippen LogP contribution in [-0.2, 0) is 14.3 Å². The van der Waals surface area contributed by atoms with Crippen LogP contribution in [0.5, 0.6) is 11.5 Å². The standard InChI is InChI=1S/C31H43FN2O7/c1-30(29(37)38)11-7-20(8-12-30)41-24-14-21(23(40-3)15-22(24)32)27(35)34-26-19-6-5-18(13-19)25(26)28(36)33-16-31(17-39-2)9-4-10-31/h14-15,18-20,25-26H,4-13,16-17H2,1-3H3,(H,33,36)(H,34,35)(H,37,38). The van der Waals surface area contributed by atoms with Crippen LogP contribution in [0.25, 0.3) is 0 Å². The molecule has 0 heterocycles. The Hall–Kier alpha value is -2.88. The SMILES string of the molecule is COCC1(CNC(=O)C2C3CCC(C3)C2NC(=O)c2cc(OC3CCC(C)(C(=O)O)CC3)c(F)cc2OC)CCC1. The Balaban J connectivity index is 1.27. The topological polar surface area (TPSA) is 123 Å². The molecule has 4 unspecified atom stereocenters. The number of carbonyl (C=O) groups is 3. The van der Waals surface area contributed by atoms with Crippen molar-refractivity contribution in [1.29, 1.82) is 0 Å². The first-order chi connectivity index (χ1) is 19.6. The minimum absolute atomic E-state index is 0.00321. The first-order valence-corrected chi connectivity index (χ1v) is 14.9. The number of hydrogen-bond acceptors (Lipinski definition) is 6. The number of aliphatic carboxylic acids is 1. The van der Waals surface area contributed by atoms with Crippen molar-refractivity contribution in [2.24, 2.45) is 28.6 Å². The molecule has 0 saturated heterocycles. The zero-order valence-corrected chi connectivity index (χ0v) is 24.3. The molecular weight excluding hydrogens is 531 g/mol. The van der Waals surface area contributed by atoms with Gasteiger partial charge in [-0.2, -0.15) is 0 Å². The van der Waals surface area contributed by atoms with Gasteiger partial charge >= 0.3 is 5.97 Å². The third-order valence-electron chi connectivity index (χ3n) is 10.4. The summed E-state index contributed by atoms with van der Waals surface area (Å²) in [5.41, 5.74) is -0.663. The number of carboxylic acid groups (broad SMARTS) is 1. The van der Waals surface area contributed by atoms with Crippen LogP contribution in [0.1, 0.15) is 81.5 Å². The van der Waals surface area contributed by atoms with Crippen LogP contribution in [0, 0.1) is 34.4 Å². The molecule has 0 aromatic heterocycles. The molecule has 4 atom stereocenters. The molecule has 2 bridgehead atoms. The maximum Gasteiger partial charge on any atom is 0.309 e. The summed E-state index contributed by atoms with van der Waals surface area (Å²) in [4.78, 5) is 38.6. The van der Waals surface area contributed by atoms with Crippen LogP contribution in [0.3, 0.4) is 0 Å². The Bertz CT molecular complexity index is 1160. The monoisotopic (exact) mass is 574 g/mol. The molecule has 5 rings (SSSR count). The molecule has 0 radical (unpaired) electrons. The Morgan fingerprint density at radius 2 is 1.73 bits per heavy atom. The van der Waals surface area contributed by atoms with E-state index in [4.69, 9.17) is 14.2 Å². The van der Waals surface area contributed by atoms with E-state index in [-0.39, 0.29) is 58.3 Å². The lowest BCUT2D eigenvalue weighted by Gasteiger charge is -2.42. The van der Waals surface area contributed by atoms with Gasteiger partial charge in [0.15, 0.2) is 11.6 Å². The summed E-state index contributed by atoms with van der Waals surface area (Å²) in [5.74, 6) is -1.80. The number of rotatable bonds is 11. The van der Waals surface area contributed by atoms with E-state index in [1.807, 2.05) is 0 Å². The summed E-state index contributed by atoms with van der Waals surface area (Å²) in [6.07, 6.45) is 7.49. The molecule has 41 heavy (non-hydrogen) atoms. The van der Waals surface area contributed by atoms with Crippen molar-refractivity contribution < 1.29 is 38.1 Å². The predicted octanol–water partition coefficient (Wildman–Crippen LogP) is 4.32. The number of halogens is 1. The number of nitrogens with one attached hydrogen (secondary N) is 2. The van der Waals surface area contributed by atoms with Crippen LogP contribution < -0.4 is 20.1 Å². The van der Waals surface area contributed by atoms with E-state index in [1.165, 1.54) is 13.2 Å². The van der Waals surface area contributed by atoms with Crippen molar-refractivity contribution in [3.8, 4) is 11.5 Å². The van der Waals surface area contributed by atoms with Gasteiger partial charge in [-0.3, -0.25) is 14.4 Å². The molecule has 226 valence electrons. The predicted molar refractivity (Wildman–Crippen MR) is 148 cm³/mol. The lowest BCUT2D eigenvalue weighted by molar-refractivity contribution is -0.150. The highest BCUT2D eigenvalue weighted by atomic mass is 19.1. The van der Waals surface area contributed by atoms with Gasteiger partial charge in [-0.15, -0.1) is 0 Å². The first-order valence-electron chi connectivity index (χ1n) is 14.9. The number of amides is 2. The molecular formula is C31H43FN2O7. The van der Waals surface area contributed by atoms with Gasteiger partial charge < -0.3 is 30.0 Å². The van der Waals surface area contributed by atoms with Crippen LogP contribution in [0.15, 0.2) is 12.1 Å². The fourth-order valence-corrected chi connectivity index (χ4v) is 7.56. The van der Waals surface area contributed by atoms with E-state index >= 15 is 0 Å². The van der Waals surface area contributed by atoms with Crippen molar-refractivity contribution in [1.82, 2.24) is 10.6 Å². The van der Waals surface area contributed by atoms with Crippen LogP contribution in [-0.4, -0.2) is 62.4 Å². The molecule has 3 N–H and O–H groups in total. The van der Waals surface area contributed by atoms with Crippen LogP contribution in [0.4, 0.5) is 4.39 Å². The van der Waals surface area contributed by atoms with E-state index in [1.54, 1.807) is 14.0 Å². The quantitative estimate of drug-likeness (QED) is 0.360. The average molecular weight is 575 g/mol. The molecule has 2 amide bonds. The number of ether oxygens (including phenoxy) is 3. The zero-order valence-electron chi connectivity index (χ0n) is 24.3. The van der Waals surface area contributed by atoms with Crippen molar-refractivity contribution in [3.05, 3.63) is 23.5 Å². The molecule has 4 saturated carbocycles. The maximum atomic E-state index is 15.0. The molecule has 1 aromatic rings. The normalized spacial score (nSPS) is 31.7. The van der Waals surface area contributed by atoms with Crippen LogP contribution >= 0.6 is 0 Å². The maximum absolute atomic E-state index is 15.0. The van der Waals surface area contributed by atoms with E-state index in [9.17, 15) is 23.9 Å². The number of benzene rings is 1. The molecule has 0 spiro atoms. The molecule has 0 aliphatic heterocycles. The Labute approximate surface area is 240 Å². The molecule has 4 fully saturated rings. The number of carbonyl (C=O) groups excluding carboxylic acids is 2. The Kier molecular flexibility index (Phi) is 8.51. The summed E-state index contributed by atoms with van der Waals surface area (Å²) < 4.78 is 31.7. The van der Waals surface area contributed by atoms with Gasteiger partial charge in [0.25, 0.3) is 5.91 Å². The van der Waals surface area contributed by atoms with E-state index in [2.05, 4.69) is 10.6 Å². The van der Waals surface area contributed by atoms with Crippen molar-refractivity contribution in [2.45, 2.75) is 83.3 Å². The van der Waals surface area contributed by atoms with Crippen molar-refractivity contribution >= 4 is 17.8 Å². The summed E-state index contributed by atoms with van der Waals surface area (Å²) in [6.45, 7) is 2.92. The molecule has 4 aliphatic rings.